The lowest BCUT2D eigenvalue weighted by atomic mass is 10.0. The predicted molar refractivity (Wildman–Crippen MR) is 102 cm³/mol. The number of nitrogens with one attached hydrogen (secondary N) is 2. The third-order valence-electron chi connectivity index (χ3n) is 5.37. The van der Waals surface area contributed by atoms with Crippen LogP contribution in [-0.4, -0.2) is 47.6 Å². The minimum atomic E-state index is -0.530. The number of halogens is 2. The number of rotatable bonds is 3. The van der Waals surface area contributed by atoms with Crippen LogP contribution in [0.1, 0.15) is 31.2 Å². The Labute approximate surface area is 162 Å². The molecule has 0 saturated carbocycles. The number of hydrogen-bond acceptors (Lipinski definition) is 4. The van der Waals surface area contributed by atoms with Crippen LogP contribution in [-0.2, 0) is 14.5 Å². The van der Waals surface area contributed by atoms with E-state index in [1.165, 1.54) is 12.1 Å². The Bertz CT molecular complexity index is 684. The summed E-state index contributed by atoms with van der Waals surface area (Å²) in [6, 6.07) is 5.99. The molecule has 3 fully saturated rings. The molecule has 0 aromatic heterocycles. The molecule has 5 nitrogen and oxygen atoms in total. The normalized spacial score (nSPS) is 30.7. The average molecular weight is 400 g/mol. The number of thioether (sulfide) groups is 1. The van der Waals surface area contributed by atoms with Crippen LogP contribution in [0.3, 0.4) is 0 Å². The van der Waals surface area contributed by atoms with Crippen molar-refractivity contribution in [2.45, 2.75) is 42.6 Å². The summed E-state index contributed by atoms with van der Waals surface area (Å²) in [5.74, 6) is 0.226. The van der Waals surface area contributed by atoms with Crippen LogP contribution in [0, 0.1) is 5.82 Å². The van der Waals surface area contributed by atoms with Gasteiger partial charge in [0.25, 0.3) is 0 Å². The Morgan fingerprint density at radius 1 is 1.35 bits per heavy atom. The van der Waals surface area contributed by atoms with Crippen LogP contribution in [0.15, 0.2) is 24.3 Å². The van der Waals surface area contributed by atoms with Gasteiger partial charge in [0.1, 0.15) is 16.7 Å². The maximum Gasteiger partial charge on any atom is 0.243 e. The maximum atomic E-state index is 13.3. The molecule has 3 heterocycles. The monoisotopic (exact) mass is 399 g/mol. The van der Waals surface area contributed by atoms with E-state index in [4.69, 9.17) is 0 Å². The van der Waals surface area contributed by atoms with Gasteiger partial charge in [-0.25, -0.2) is 4.39 Å². The Morgan fingerprint density at radius 2 is 2.12 bits per heavy atom. The van der Waals surface area contributed by atoms with Gasteiger partial charge in [0.15, 0.2) is 0 Å². The van der Waals surface area contributed by atoms with Crippen molar-refractivity contribution in [3.63, 3.8) is 0 Å². The van der Waals surface area contributed by atoms with Gasteiger partial charge in [-0.15, -0.1) is 24.2 Å². The molecule has 3 atom stereocenters. The molecule has 8 heteroatoms. The zero-order chi connectivity index (χ0) is 17.4. The minimum Gasteiger partial charge on any atom is -0.350 e. The summed E-state index contributed by atoms with van der Waals surface area (Å²) in [6.07, 6.45) is 3.11. The molecule has 2 N–H and O–H groups in total. The SMILES string of the molecule is Cl.O=C(N[C@H]1CCCNC1)C1CSC2(c3ccc(F)cc3)CCC(=O)N12. The molecule has 3 aliphatic heterocycles. The lowest BCUT2D eigenvalue weighted by molar-refractivity contribution is -0.138. The van der Waals surface area contributed by atoms with E-state index >= 15 is 0 Å². The van der Waals surface area contributed by atoms with Crippen molar-refractivity contribution >= 4 is 36.0 Å². The zero-order valence-corrected chi connectivity index (χ0v) is 16.0. The zero-order valence-electron chi connectivity index (χ0n) is 14.4. The summed E-state index contributed by atoms with van der Waals surface area (Å²) in [6.45, 7) is 1.77. The van der Waals surface area contributed by atoms with Crippen LogP contribution in [0.2, 0.25) is 0 Å². The smallest absolute Gasteiger partial charge is 0.243 e. The van der Waals surface area contributed by atoms with E-state index in [1.54, 1.807) is 28.8 Å². The molecule has 1 aromatic carbocycles. The van der Waals surface area contributed by atoms with Crippen molar-refractivity contribution in [3.05, 3.63) is 35.6 Å². The van der Waals surface area contributed by atoms with E-state index in [-0.39, 0.29) is 36.1 Å². The van der Waals surface area contributed by atoms with Gasteiger partial charge in [0, 0.05) is 24.8 Å². The van der Waals surface area contributed by atoms with Gasteiger partial charge in [-0.1, -0.05) is 12.1 Å². The molecule has 1 aromatic rings. The fourth-order valence-electron chi connectivity index (χ4n) is 4.12. The lowest BCUT2D eigenvalue weighted by Gasteiger charge is -2.34. The number of benzene rings is 1. The van der Waals surface area contributed by atoms with E-state index in [0.717, 1.165) is 31.5 Å². The number of hydrogen-bond donors (Lipinski definition) is 2. The van der Waals surface area contributed by atoms with Crippen LogP contribution < -0.4 is 10.6 Å². The molecule has 3 aliphatic rings. The molecule has 142 valence electrons. The maximum absolute atomic E-state index is 13.3. The highest BCUT2D eigenvalue weighted by molar-refractivity contribution is 8.00. The van der Waals surface area contributed by atoms with E-state index in [2.05, 4.69) is 10.6 Å². The molecule has 0 aliphatic carbocycles. The molecule has 2 unspecified atom stereocenters. The Balaban J connectivity index is 0.00000196. The van der Waals surface area contributed by atoms with Crippen molar-refractivity contribution in [3.8, 4) is 0 Å². The Morgan fingerprint density at radius 3 is 2.81 bits per heavy atom. The summed E-state index contributed by atoms with van der Waals surface area (Å²) < 4.78 is 13.3. The summed E-state index contributed by atoms with van der Waals surface area (Å²) in [5, 5.41) is 6.39. The van der Waals surface area contributed by atoms with E-state index < -0.39 is 10.9 Å². The Kier molecular flexibility index (Phi) is 5.79. The highest BCUT2D eigenvalue weighted by Gasteiger charge is 2.56. The predicted octanol–water partition coefficient (Wildman–Crippen LogP) is 2.01. The second-order valence-corrected chi connectivity index (χ2v) is 8.23. The first-order chi connectivity index (χ1) is 12.1. The average Bonchev–Trinajstić information content (AvgIpc) is 3.16. The van der Waals surface area contributed by atoms with Gasteiger partial charge in [-0.05, 0) is 43.5 Å². The number of carbonyl (C=O) groups is 2. The highest BCUT2D eigenvalue weighted by atomic mass is 35.5. The van der Waals surface area contributed by atoms with Crippen molar-refractivity contribution < 1.29 is 14.0 Å². The van der Waals surface area contributed by atoms with E-state index in [0.29, 0.717) is 18.6 Å². The first-order valence-electron chi connectivity index (χ1n) is 8.83. The standard InChI is InChI=1S/C18H22FN3O2S.ClH/c19-13-5-3-12(4-6-13)18-8-7-16(23)22(18)15(11-25-18)17(24)21-14-2-1-9-20-10-14;/h3-6,14-15,20H,1-2,7-11H2,(H,21,24);1H/t14-,15?,18?;/m0./s1. The van der Waals surface area contributed by atoms with E-state index in [9.17, 15) is 14.0 Å². The molecule has 0 radical (unpaired) electrons. The van der Waals surface area contributed by atoms with Crippen molar-refractivity contribution in [2.75, 3.05) is 18.8 Å². The third kappa shape index (κ3) is 3.32. The highest BCUT2D eigenvalue weighted by Crippen LogP contribution is 2.54. The largest absolute Gasteiger partial charge is 0.350 e. The van der Waals surface area contributed by atoms with E-state index in [1.807, 2.05) is 0 Å². The molecule has 2 amide bonds. The summed E-state index contributed by atoms with van der Waals surface area (Å²) in [7, 11) is 0. The summed E-state index contributed by atoms with van der Waals surface area (Å²) >= 11 is 1.63. The van der Waals surface area contributed by atoms with Crippen LogP contribution in [0.25, 0.3) is 0 Å². The number of amides is 2. The van der Waals surface area contributed by atoms with Gasteiger partial charge in [-0.2, -0.15) is 0 Å². The fraction of sp³-hybridized carbons (Fsp3) is 0.556. The molecule has 3 saturated heterocycles. The van der Waals surface area contributed by atoms with Gasteiger partial charge in [0.2, 0.25) is 11.8 Å². The van der Waals surface area contributed by atoms with Crippen LogP contribution >= 0.6 is 24.2 Å². The van der Waals surface area contributed by atoms with Crippen molar-refractivity contribution in [1.29, 1.82) is 0 Å². The lowest BCUT2D eigenvalue weighted by Crippen LogP contribution is -2.54. The number of carbonyl (C=O) groups excluding carboxylic acids is 2. The van der Waals surface area contributed by atoms with Crippen LogP contribution in [0.5, 0.6) is 0 Å². The topological polar surface area (TPSA) is 61.4 Å². The first kappa shape index (κ1) is 19.5. The van der Waals surface area contributed by atoms with Crippen LogP contribution in [0.4, 0.5) is 4.39 Å². The second kappa shape index (κ2) is 7.74. The number of fused-ring (bicyclic) bond motifs is 1. The van der Waals surface area contributed by atoms with Gasteiger partial charge in [-0.3, -0.25) is 9.59 Å². The molecular formula is C18H23ClFN3O2S. The molecule has 0 bridgehead atoms. The third-order valence-corrected chi connectivity index (χ3v) is 6.96. The minimum absolute atomic E-state index is 0. The summed E-state index contributed by atoms with van der Waals surface area (Å²) in [4.78, 5) is 26.6. The number of nitrogens with zero attached hydrogens (tertiary/aromatic N) is 1. The first-order valence-corrected chi connectivity index (χ1v) is 9.82. The van der Waals surface area contributed by atoms with Crippen molar-refractivity contribution in [1.82, 2.24) is 15.5 Å². The van der Waals surface area contributed by atoms with Crippen molar-refractivity contribution in [2.24, 2.45) is 0 Å². The van der Waals surface area contributed by atoms with Gasteiger partial charge >= 0.3 is 0 Å². The molecule has 26 heavy (non-hydrogen) atoms. The molecule has 4 rings (SSSR count). The van der Waals surface area contributed by atoms with Gasteiger partial charge < -0.3 is 15.5 Å². The molecular weight excluding hydrogens is 377 g/mol. The fourth-order valence-corrected chi connectivity index (χ4v) is 5.77. The molecule has 0 spiro atoms. The van der Waals surface area contributed by atoms with Gasteiger partial charge in [0.05, 0.1) is 0 Å². The number of piperidine rings is 1. The Hall–Kier alpha value is -1.31. The second-order valence-electron chi connectivity index (χ2n) is 6.93. The summed E-state index contributed by atoms with van der Waals surface area (Å²) in [5.41, 5.74) is 0.902. The quantitative estimate of drug-likeness (QED) is 0.816.